The van der Waals surface area contributed by atoms with Crippen LogP contribution in [0.5, 0.6) is 23.0 Å². The Morgan fingerprint density at radius 1 is 0.568 bits per heavy atom. The molecule has 1 heterocycles. The second kappa shape index (κ2) is 9.74. The molecule has 4 aromatic rings. The molecule has 5 heteroatoms. The van der Waals surface area contributed by atoms with Gasteiger partial charge in [-0.3, -0.25) is 0 Å². The number of nitrogens with zero attached hydrogens (tertiary/aromatic N) is 1. The van der Waals surface area contributed by atoms with Gasteiger partial charge in [0.2, 0.25) is 0 Å². The molecule has 190 valence electrons. The van der Waals surface area contributed by atoms with Crippen molar-refractivity contribution in [2.45, 2.75) is 26.7 Å². The number of hydrogen-bond donors (Lipinski definition) is 0. The molecule has 5 nitrogen and oxygen atoms in total. The predicted molar refractivity (Wildman–Crippen MR) is 149 cm³/mol. The molecule has 0 radical (unpaired) electrons. The largest absolute Gasteiger partial charge is 0.497 e. The van der Waals surface area contributed by atoms with Gasteiger partial charge in [-0.25, -0.2) is 0 Å². The third-order valence-electron chi connectivity index (χ3n) is 7.20. The fourth-order valence-corrected chi connectivity index (χ4v) is 5.76. The van der Waals surface area contributed by atoms with E-state index in [0.29, 0.717) is 0 Å². The summed E-state index contributed by atoms with van der Waals surface area (Å²) >= 11 is 0. The topological polar surface area (TPSA) is 40.2 Å². The summed E-state index contributed by atoms with van der Waals surface area (Å²) < 4.78 is 23.6. The number of ether oxygens (including phenoxy) is 4. The Morgan fingerprint density at radius 3 is 1.49 bits per heavy atom. The van der Waals surface area contributed by atoms with E-state index in [-0.39, 0.29) is 5.92 Å². The fourth-order valence-electron chi connectivity index (χ4n) is 5.76. The van der Waals surface area contributed by atoms with Crippen LogP contribution in [-0.2, 0) is 0 Å². The van der Waals surface area contributed by atoms with E-state index in [9.17, 15) is 0 Å². The molecule has 0 aliphatic carbocycles. The molecule has 0 atom stereocenters. The first kappa shape index (κ1) is 24.6. The van der Waals surface area contributed by atoms with Crippen molar-refractivity contribution in [3.8, 4) is 23.0 Å². The van der Waals surface area contributed by atoms with Gasteiger partial charge in [-0.2, -0.15) is 0 Å². The first-order valence-corrected chi connectivity index (χ1v) is 12.4. The molecule has 37 heavy (non-hydrogen) atoms. The van der Waals surface area contributed by atoms with Crippen LogP contribution in [0.2, 0.25) is 0 Å². The zero-order chi connectivity index (χ0) is 26.3. The van der Waals surface area contributed by atoms with Crippen LogP contribution < -0.4 is 23.8 Å². The van der Waals surface area contributed by atoms with Crippen LogP contribution in [0.3, 0.4) is 0 Å². The minimum absolute atomic E-state index is 0.132. The number of fused-ring (bicyclic) bond motifs is 2. The maximum absolute atomic E-state index is 6.06. The summed E-state index contributed by atoms with van der Waals surface area (Å²) in [6.07, 6.45) is 0. The molecule has 0 spiro atoms. The van der Waals surface area contributed by atoms with Crippen LogP contribution in [-0.4, -0.2) is 28.4 Å². The van der Waals surface area contributed by atoms with E-state index >= 15 is 0 Å². The second-order valence-electron chi connectivity index (χ2n) is 9.44. The summed E-state index contributed by atoms with van der Waals surface area (Å²) in [7, 11) is 6.80. The molecule has 4 aromatic carbocycles. The molecule has 0 bridgehead atoms. The summed E-state index contributed by atoms with van der Waals surface area (Å²) in [5, 5.41) is 0. The van der Waals surface area contributed by atoms with Gasteiger partial charge in [-0.15, -0.1) is 0 Å². The number of rotatable bonds is 6. The fraction of sp³-hybridized carbons (Fsp3) is 0.250. The van der Waals surface area contributed by atoms with Crippen molar-refractivity contribution in [2.75, 3.05) is 33.3 Å². The van der Waals surface area contributed by atoms with E-state index in [1.807, 2.05) is 30.3 Å². The van der Waals surface area contributed by atoms with Gasteiger partial charge in [-0.05, 0) is 49.6 Å². The maximum atomic E-state index is 6.06. The SMILES string of the molecule is COc1cc(OC)c2c(c1)N(c1ccccc1)c1cc(OC)cc(OC)c1C2c1c(C)cc(C)cc1C. The lowest BCUT2D eigenvalue weighted by atomic mass is 9.75. The Kier molecular flexibility index (Phi) is 6.46. The summed E-state index contributed by atoms with van der Waals surface area (Å²) in [6.45, 7) is 6.51. The van der Waals surface area contributed by atoms with Crippen LogP contribution in [0, 0.1) is 20.8 Å². The predicted octanol–water partition coefficient (Wildman–Crippen LogP) is 7.61. The maximum Gasteiger partial charge on any atom is 0.128 e. The Labute approximate surface area is 219 Å². The van der Waals surface area contributed by atoms with E-state index < -0.39 is 0 Å². The lowest BCUT2D eigenvalue weighted by molar-refractivity contribution is 0.385. The number of methoxy groups -OCH3 is 4. The zero-order valence-corrected chi connectivity index (χ0v) is 22.5. The van der Waals surface area contributed by atoms with Gasteiger partial charge in [0.15, 0.2) is 0 Å². The molecule has 5 rings (SSSR count). The highest BCUT2D eigenvalue weighted by molar-refractivity contribution is 5.90. The van der Waals surface area contributed by atoms with Gasteiger partial charge < -0.3 is 23.8 Å². The number of aryl methyl sites for hydroxylation is 3. The van der Waals surface area contributed by atoms with Gasteiger partial charge in [-0.1, -0.05) is 35.9 Å². The van der Waals surface area contributed by atoms with Gasteiger partial charge in [0.25, 0.3) is 0 Å². The van der Waals surface area contributed by atoms with Crippen molar-refractivity contribution in [3.05, 3.63) is 100 Å². The van der Waals surface area contributed by atoms with Crippen molar-refractivity contribution in [2.24, 2.45) is 0 Å². The van der Waals surface area contributed by atoms with Crippen LogP contribution >= 0.6 is 0 Å². The van der Waals surface area contributed by atoms with E-state index in [4.69, 9.17) is 18.9 Å². The quantitative estimate of drug-likeness (QED) is 0.242. The second-order valence-corrected chi connectivity index (χ2v) is 9.44. The molecule has 0 amide bonds. The zero-order valence-electron chi connectivity index (χ0n) is 22.5. The highest BCUT2D eigenvalue weighted by atomic mass is 16.5. The van der Waals surface area contributed by atoms with Crippen LogP contribution in [0.1, 0.15) is 39.3 Å². The van der Waals surface area contributed by atoms with Gasteiger partial charge in [0.05, 0.1) is 39.8 Å². The third kappa shape index (κ3) is 4.05. The van der Waals surface area contributed by atoms with Gasteiger partial charge in [0, 0.05) is 47.0 Å². The molecular formula is C32H33NO4. The number of benzene rings is 4. The number of hydrogen-bond acceptors (Lipinski definition) is 5. The van der Waals surface area contributed by atoms with Crippen LogP contribution in [0.25, 0.3) is 0 Å². The molecular weight excluding hydrogens is 462 g/mol. The van der Waals surface area contributed by atoms with E-state index in [1.54, 1.807) is 28.4 Å². The summed E-state index contributed by atoms with van der Waals surface area (Å²) in [5.41, 5.74) is 10.1. The van der Waals surface area contributed by atoms with Crippen molar-refractivity contribution >= 4 is 17.1 Å². The van der Waals surface area contributed by atoms with Gasteiger partial charge >= 0.3 is 0 Å². The van der Waals surface area contributed by atoms with Gasteiger partial charge in [0.1, 0.15) is 23.0 Å². The average molecular weight is 496 g/mol. The molecule has 0 aromatic heterocycles. The molecule has 0 saturated carbocycles. The summed E-state index contributed by atoms with van der Waals surface area (Å²) in [4.78, 5) is 2.25. The molecule has 1 aliphatic rings. The third-order valence-corrected chi connectivity index (χ3v) is 7.20. The smallest absolute Gasteiger partial charge is 0.128 e. The molecule has 1 aliphatic heterocycles. The molecule has 0 saturated heterocycles. The first-order valence-electron chi connectivity index (χ1n) is 12.4. The Morgan fingerprint density at radius 2 is 1.05 bits per heavy atom. The Balaban J connectivity index is 1.98. The van der Waals surface area contributed by atoms with Crippen LogP contribution in [0.15, 0.2) is 66.7 Å². The summed E-state index contributed by atoms with van der Waals surface area (Å²) in [5.74, 6) is 2.86. The van der Waals surface area contributed by atoms with E-state index in [0.717, 1.165) is 51.2 Å². The highest BCUT2D eigenvalue weighted by Crippen LogP contribution is 2.59. The Bertz CT molecular complexity index is 1380. The lowest BCUT2D eigenvalue weighted by Gasteiger charge is -2.40. The van der Waals surface area contributed by atoms with Crippen LogP contribution in [0.4, 0.5) is 17.1 Å². The number of anilines is 3. The van der Waals surface area contributed by atoms with Crippen molar-refractivity contribution < 1.29 is 18.9 Å². The minimum atomic E-state index is -0.132. The monoisotopic (exact) mass is 495 g/mol. The molecule has 0 unspecified atom stereocenters. The van der Waals surface area contributed by atoms with E-state index in [2.05, 4.69) is 62.1 Å². The molecule has 0 fully saturated rings. The minimum Gasteiger partial charge on any atom is -0.497 e. The van der Waals surface area contributed by atoms with Crippen molar-refractivity contribution in [1.82, 2.24) is 0 Å². The van der Waals surface area contributed by atoms with Crippen molar-refractivity contribution in [1.29, 1.82) is 0 Å². The van der Waals surface area contributed by atoms with Crippen molar-refractivity contribution in [3.63, 3.8) is 0 Å². The highest BCUT2D eigenvalue weighted by Gasteiger charge is 2.39. The normalized spacial score (nSPS) is 12.6. The molecule has 0 N–H and O–H groups in total. The Hall–Kier alpha value is -4.12. The average Bonchev–Trinajstić information content (AvgIpc) is 2.91. The standard InChI is InChI=1S/C32H33NO4/c1-19-13-20(2)29(21(3)14-19)32-30-25(15-23(34-4)17-27(30)36-6)33(22-11-9-8-10-12-22)26-16-24(35-5)18-28(37-7)31(26)32/h8-18,32H,1-7H3. The lowest BCUT2D eigenvalue weighted by Crippen LogP contribution is -2.24. The van der Waals surface area contributed by atoms with E-state index in [1.165, 1.54) is 22.3 Å². The summed E-state index contributed by atoms with van der Waals surface area (Å²) in [6, 6.07) is 22.9. The first-order chi connectivity index (χ1) is 17.9. The number of para-hydroxylation sites is 1.